The average molecular weight is 285 g/mol. The summed E-state index contributed by atoms with van der Waals surface area (Å²) < 4.78 is 30.7. The highest BCUT2D eigenvalue weighted by Gasteiger charge is 2.27. The van der Waals surface area contributed by atoms with Gasteiger partial charge >= 0.3 is 5.97 Å². The molecule has 0 spiro atoms. The van der Waals surface area contributed by atoms with Crippen molar-refractivity contribution in [2.45, 2.75) is 26.3 Å². The monoisotopic (exact) mass is 285 g/mol. The molecule has 0 saturated heterocycles. The number of benzene rings is 1. The summed E-state index contributed by atoms with van der Waals surface area (Å²) in [6.07, 6.45) is 0.636. The normalized spacial score (nSPS) is 13.4. The number of hydrogen-bond donors (Lipinski definition) is 1. The molecule has 1 amide bonds. The molecule has 2 atom stereocenters. The Morgan fingerprint density at radius 1 is 1.25 bits per heavy atom. The number of carbonyl (C=O) groups excluding carboxylic acids is 2. The molecule has 0 aliphatic carbocycles. The first kappa shape index (κ1) is 16.1. The Hall–Kier alpha value is -1.98. The Balaban J connectivity index is 2.93. The Bertz CT molecular complexity index is 485. The first-order valence-corrected chi connectivity index (χ1v) is 6.23. The number of carbonyl (C=O) groups is 2. The SMILES string of the molecule is CC[C@@H](C)[C@@H](NC(=O)c1cc(F)cc(F)c1)C(=O)OC. The maximum absolute atomic E-state index is 13.1. The molecule has 0 saturated carbocycles. The van der Waals surface area contributed by atoms with E-state index in [1.807, 2.05) is 6.92 Å². The number of methoxy groups -OCH3 is 1. The van der Waals surface area contributed by atoms with E-state index in [1.165, 1.54) is 7.11 Å². The fourth-order valence-corrected chi connectivity index (χ4v) is 1.71. The highest BCUT2D eigenvalue weighted by molar-refractivity contribution is 5.96. The highest BCUT2D eigenvalue weighted by Crippen LogP contribution is 2.12. The molecule has 1 N–H and O–H groups in total. The van der Waals surface area contributed by atoms with Gasteiger partial charge in [0.1, 0.15) is 17.7 Å². The van der Waals surface area contributed by atoms with Crippen molar-refractivity contribution in [2.75, 3.05) is 7.11 Å². The lowest BCUT2D eigenvalue weighted by Crippen LogP contribution is -2.45. The van der Waals surface area contributed by atoms with E-state index in [9.17, 15) is 18.4 Å². The third-order valence-corrected chi connectivity index (χ3v) is 3.08. The molecular weight excluding hydrogens is 268 g/mol. The predicted octanol–water partition coefficient (Wildman–Crippen LogP) is 2.28. The molecule has 0 fully saturated rings. The second-order valence-corrected chi connectivity index (χ2v) is 4.52. The van der Waals surface area contributed by atoms with Gasteiger partial charge in [0.25, 0.3) is 5.91 Å². The van der Waals surface area contributed by atoms with Crippen LogP contribution in [0.3, 0.4) is 0 Å². The minimum Gasteiger partial charge on any atom is -0.467 e. The second kappa shape index (κ2) is 6.98. The van der Waals surface area contributed by atoms with E-state index in [-0.39, 0.29) is 11.5 Å². The van der Waals surface area contributed by atoms with Crippen molar-refractivity contribution in [1.82, 2.24) is 5.32 Å². The van der Waals surface area contributed by atoms with E-state index in [1.54, 1.807) is 6.92 Å². The van der Waals surface area contributed by atoms with E-state index >= 15 is 0 Å². The Kier molecular flexibility index (Phi) is 5.61. The van der Waals surface area contributed by atoms with Gasteiger partial charge in [0.15, 0.2) is 0 Å². The first-order valence-electron chi connectivity index (χ1n) is 6.23. The number of rotatable bonds is 5. The molecule has 1 rings (SSSR count). The topological polar surface area (TPSA) is 55.4 Å². The van der Waals surface area contributed by atoms with Crippen LogP contribution in [0.5, 0.6) is 0 Å². The van der Waals surface area contributed by atoms with Crippen molar-refractivity contribution in [3.63, 3.8) is 0 Å². The van der Waals surface area contributed by atoms with Crippen molar-refractivity contribution in [1.29, 1.82) is 0 Å². The van der Waals surface area contributed by atoms with Gasteiger partial charge in [-0.3, -0.25) is 4.79 Å². The lowest BCUT2D eigenvalue weighted by atomic mass is 9.99. The second-order valence-electron chi connectivity index (χ2n) is 4.52. The van der Waals surface area contributed by atoms with Crippen LogP contribution in [0.2, 0.25) is 0 Å². The van der Waals surface area contributed by atoms with Crippen LogP contribution >= 0.6 is 0 Å². The quantitative estimate of drug-likeness (QED) is 0.844. The zero-order valence-corrected chi connectivity index (χ0v) is 11.6. The lowest BCUT2D eigenvalue weighted by molar-refractivity contribution is -0.144. The smallest absolute Gasteiger partial charge is 0.328 e. The fourth-order valence-electron chi connectivity index (χ4n) is 1.71. The van der Waals surface area contributed by atoms with E-state index in [4.69, 9.17) is 0 Å². The van der Waals surface area contributed by atoms with Crippen molar-refractivity contribution in [3.8, 4) is 0 Å². The minimum absolute atomic E-state index is 0.162. The molecule has 0 aliphatic rings. The van der Waals surface area contributed by atoms with Crippen LogP contribution in [0.15, 0.2) is 18.2 Å². The van der Waals surface area contributed by atoms with Gasteiger partial charge < -0.3 is 10.1 Å². The molecule has 0 bridgehead atoms. The summed E-state index contributed by atoms with van der Waals surface area (Å²) in [5.41, 5.74) is -0.181. The maximum Gasteiger partial charge on any atom is 0.328 e. The molecule has 0 heterocycles. The summed E-state index contributed by atoms with van der Waals surface area (Å²) in [5.74, 6) is -3.19. The van der Waals surface area contributed by atoms with Crippen LogP contribution in [0, 0.1) is 17.6 Å². The van der Waals surface area contributed by atoms with Crippen LogP contribution in [-0.2, 0) is 9.53 Å². The van der Waals surface area contributed by atoms with E-state index in [0.717, 1.165) is 12.1 Å². The summed E-state index contributed by atoms with van der Waals surface area (Å²) in [6, 6.07) is 1.62. The number of ether oxygens (including phenoxy) is 1. The molecule has 1 aromatic rings. The summed E-state index contributed by atoms with van der Waals surface area (Å²) in [4.78, 5) is 23.6. The third-order valence-electron chi connectivity index (χ3n) is 3.08. The zero-order valence-electron chi connectivity index (χ0n) is 11.6. The zero-order chi connectivity index (χ0) is 15.3. The van der Waals surface area contributed by atoms with Crippen LogP contribution in [0.4, 0.5) is 8.78 Å². The van der Waals surface area contributed by atoms with Gasteiger partial charge in [0.05, 0.1) is 7.11 Å². The van der Waals surface area contributed by atoms with Gasteiger partial charge in [0, 0.05) is 11.6 Å². The maximum atomic E-state index is 13.1. The summed E-state index contributed by atoms with van der Waals surface area (Å²) >= 11 is 0. The lowest BCUT2D eigenvalue weighted by Gasteiger charge is -2.21. The number of halogens is 2. The Labute approximate surface area is 116 Å². The van der Waals surface area contributed by atoms with Crippen molar-refractivity contribution < 1.29 is 23.1 Å². The van der Waals surface area contributed by atoms with Gasteiger partial charge in [-0.15, -0.1) is 0 Å². The Morgan fingerprint density at radius 2 is 1.80 bits per heavy atom. The number of esters is 1. The highest BCUT2D eigenvalue weighted by atomic mass is 19.1. The van der Waals surface area contributed by atoms with E-state index < -0.39 is 29.6 Å². The van der Waals surface area contributed by atoms with Gasteiger partial charge in [-0.25, -0.2) is 13.6 Å². The van der Waals surface area contributed by atoms with Crippen LogP contribution in [0.1, 0.15) is 30.6 Å². The summed E-state index contributed by atoms with van der Waals surface area (Å²) in [6.45, 7) is 3.63. The molecule has 110 valence electrons. The molecule has 0 aromatic heterocycles. The van der Waals surface area contributed by atoms with Gasteiger partial charge in [0.2, 0.25) is 0 Å². The number of amides is 1. The van der Waals surface area contributed by atoms with Gasteiger partial charge in [-0.1, -0.05) is 20.3 Å². The first-order chi connectivity index (χ1) is 9.38. The largest absolute Gasteiger partial charge is 0.467 e. The molecule has 4 nitrogen and oxygen atoms in total. The number of nitrogens with one attached hydrogen (secondary N) is 1. The molecule has 20 heavy (non-hydrogen) atoms. The van der Waals surface area contributed by atoms with Gasteiger partial charge in [-0.05, 0) is 18.1 Å². The fraction of sp³-hybridized carbons (Fsp3) is 0.429. The van der Waals surface area contributed by atoms with E-state index in [0.29, 0.717) is 12.5 Å². The minimum atomic E-state index is -0.858. The van der Waals surface area contributed by atoms with E-state index in [2.05, 4.69) is 10.1 Å². The van der Waals surface area contributed by atoms with Crippen molar-refractivity contribution >= 4 is 11.9 Å². The standard InChI is InChI=1S/C14H17F2NO3/c1-4-8(2)12(14(19)20-3)17-13(18)9-5-10(15)7-11(16)6-9/h5-8,12H,4H2,1-3H3,(H,17,18)/t8-,12-/m1/s1. The molecule has 1 aromatic carbocycles. The predicted molar refractivity (Wildman–Crippen MR) is 69.1 cm³/mol. The number of hydrogen-bond acceptors (Lipinski definition) is 3. The average Bonchev–Trinajstić information content (AvgIpc) is 2.41. The molecule has 0 radical (unpaired) electrons. The molecule has 0 unspecified atom stereocenters. The van der Waals surface area contributed by atoms with Crippen LogP contribution in [-0.4, -0.2) is 25.0 Å². The van der Waals surface area contributed by atoms with Crippen molar-refractivity contribution in [2.24, 2.45) is 5.92 Å². The Morgan fingerprint density at radius 3 is 2.25 bits per heavy atom. The van der Waals surface area contributed by atoms with Crippen molar-refractivity contribution in [3.05, 3.63) is 35.4 Å². The summed E-state index contributed by atoms with van der Waals surface area (Å²) in [5, 5.41) is 2.44. The molecule has 0 aliphatic heterocycles. The van der Waals surface area contributed by atoms with Crippen LogP contribution in [0.25, 0.3) is 0 Å². The third kappa shape index (κ3) is 4.01. The molecular formula is C14H17F2NO3. The molecule has 6 heteroatoms. The van der Waals surface area contributed by atoms with Gasteiger partial charge in [-0.2, -0.15) is 0 Å². The summed E-state index contributed by atoms with van der Waals surface area (Å²) in [7, 11) is 1.21. The van der Waals surface area contributed by atoms with Crippen LogP contribution < -0.4 is 5.32 Å².